The third-order valence-electron chi connectivity index (χ3n) is 3.48. The fourth-order valence-electron chi connectivity index (χ4n) is 2.40. The lowest BCUT2D eigenvalue weighted by Crippen LogP contribution is -2.24. The highest BCUT2D eigenvalue weighted by Gasteiger charge is 2.23. The van der Waals surface area contributed by atoms with E-state index in [1.807, 2.05) is 0 Å². The molecule has 1 aliphatic heterocycles. The van der Waals surface area contributed by atoms with Crippen LogP contribution in [0.1, 0.15) is 13.3 Å². The Hall–Kier alpha value is -1.35. The van der Waals surface area contributed by atoms with Gasteiger partial charge >= 0.3 is 0 Å². The van der Waals surface area contributed by atoms with Gasteiger partial charge in [0.1, 0.15) is 0 Å². The summed E-state index contributed by atoms with van der Waals surface area (Å²) >= 11 is 2.06. The Morgan fingerprint density at radius 2 is 2.06 bits per heavy atom. The van der Waals surface area contributed by atoms with Gasteiger partial charge in [0.25, 0.3) is 0 Å². The summed E-state index contributed by atoms with van der Waals surface area (Å²) in [5, 5.41) is 4.37. The number of anilines is 1. The van der Waals surface area contributed by atoms with Crippen LogP contribution in [-0.4, -0.2) is 21.6 Å². The molecule has 2 atom stereocenters. The first-order chi connectivity index (χ1) is 8.83. The molecule has 3 rings (SSSR count). The van der Waals surface area contributed by atoms with Crippen LogP contribution >= 0.6 is 11.8 Å². The predicted octanol–water partition coefficient (Wildman–Crippen LogP) is 3.78. The van der Waals surface area contributed by atoms with E-state index >= 15 is 0 Å². The quantitative estimate of drug-likeness (QED) is 0.902. The monoisotopic (exact) mass is 258 g/mol. The predicted molar refractivity (Wildman–Crippen MR) is 79.7 cm³/mol. The van der Waals surface area contributed by atoms with Gasteiger partial charge in [-0.25, -0.2) is 0 Å². The Morgan fingerprint density at radius 1 is 1.22 bits per heavy atom. The second kappa shape index (κ2) is 5.11. The van der Waals surface area contributed by atoms with E-state index < -0.39 is 0 Å². The molecule has 2 unspecified atom stereocenters. The maximum absolute atomic E-state index is 3.66. The second-order valence-corrected chi connectivity index (χ2v) is 6.24. The van der Waals surface area contributed by atoms with Crippen LogP contribution in [0.25, 0.3) is 5.69 Å². The normalized spacial score (nSPS) is 23.2. The molecule has 1 aromatic heterocycles. The molecule has 1 aromatic carbocycles. The topological polar surface area (TPSA) is 17.0 Å². The molecule has 2 heterocycles. The molecule has 0 aliphatic carbocycles. The minimum atomic E-state index is 0.606. The molecule has 0 spiro atoms. The molecular weight excluding hydrogens is 240 g/mol. The largest absolute Gasteiger partial charge is 0.381 e. The Balaban J connectivity index is 1.79. The van der Waals surface area contributed by atoms with Crippen molar-refractivity contribution >= 4 is 17.4 Å². The molecule has 1 aliphatic rings. The maximum atomic E-state index is 3.66. The molecule has 0 bridgehead atoms. The van der Waals surface area contributed by atoms with E-state index in [2.05, 4.69) is 77.4 Å². The number of nitrogens with one attached hydrogen (secondary N) is 1. The Kier molecular flexibility index (Phi) is 3.33. The van der Waals surface area contributed by atoms with Gasteiger partial charge in [-0.2, -0.15) is 11.8 Å². The lowest BCUT2D eigenvalue weighted by molar-refractivity contribution is 0.724. The first-order valence-electron chi connectivity index (χ1n) is 6.44. The Labute approximate surface area is 112 Å². The zero-order valence-electron chi connectivity index (χ0n) is 10.5. The van der Waals surface area contributed by atoms with E-state index in [4.69, 9.17) is 0 Å². The van der Waals surface area contributed by atoms with Crippen molar-refractivity contribution < 1.29 is 0 Å². The Bertz CT molecular complexity index is 507. The van der Waals surface area contributed by atoms with Crippen molar-refractivity contribution in [3.63, 3.8) is 0 Å². The van der Waals surface area contributed by atoms with Crippen LogP contribution in [0, 0.1) is 0 Å². The van der Waals surface area contributed by atoms with Crippen LogP contribution in [0.3, 0.4) is 0 Å². The number of nitrogens with zero attached hydrogens (tertiary/aromatic N) is 1. The van der Waals surface area contributed by atoms with E-state index in [0.717, 1.165) is 0 Å². The van der Waals surface area contributed by atoms with Crippen LogP contribution in [0.4, 0.5) is 5.69 Å². The molecule has 1 saturated heterocycles. The molecule has 2 nitrogen and oxygen atoms in total. The van der Waals surface area contributed by atoms with Gasteiger partial charge in [-0.3, -0.25) is 0 Å². The van der Waals surface area contributed by atoms with Gasteiger partial charge in [0, 0.05) is 35.1 Å². The zero-order chi connectivity index (χ0) is 12.4. The highest BCUT2D eigenvalue weighted by Crippen LogP contribution is 2.29. The number of aromatic nitrogens is 1. The van der Waals surface area contributed by atoms with Crippen molar-refractivity contribution in [3.05, 3.63) is 48.8 Å². The minimum Gasteiger partial charge on any atom is -0.381 e. The van der Waals surface area contributed by atoms with Crippen LogP contribution in [-0.2, 0) is 0 Å². The van der Waals surface area contributed by atoms with Gasteiger partial charge in [-0.15, -0.1) is 0 Å². The average molecular weight is 258 g/mol. The summed E-state index contributed by atoms with van der Waals surface area (Å²) < 4.78 is 2.14. The van der Waals surface area contributed by atoms with E-state index in [1.54, 1.807) is 0 Å². The third-order valence-corrected chi connectivity index (χ3v) is 4.80. The summed E-state index contributed by atoms with van der Waals surface area (Å²) in [7, 11) is 0. The van der Waals surface area contributed by atoms with E-state index in [-0.39, 0.29) is 0 Å². The SMILES string of the molecule is CC1SCCC1Nc1cccc(-n2cccc2)c1. The number of rotatable bonds is 3. The Morgan fingerprint density at radius 3 is 2.78 bits per heavy atom. The number of thioether (sulfide) groups is 1. The lowest BCUT2D eigenvalue weighted by Gasteiger charge is -2.18. The molecule has 2 aromatic rings. The molecule has 1 N–H and O–H groups in total. The van der Waals surface area contributed by atoms with Gasteiger partial charge in [0.2, 0.25) is 0 Å². The summed E-state index contributed by atoms with van der Waals surface area (Å²) in [5.41, 5.74) is 2.43. The van der Waals surface area contributed by atoms with Gasteiger partial charge in [-0.1, -0.05) is 13.0 Å². The fourth-order valence-corrected chi connectivity index (χ4v) is 3.60. The highest BCUT2D eigenvalue weighted by atomic mass is 32.2. The summed E-state index contributed by atoms with van der Waals surface area (Å²) in [6.45, 7) is 2.31. The fraction of sp³-hybridized carbons (Fsp3) is 0.333. The van der Waals surface area contributed by atoms with Gasteiger partial charge in [-0.05, 0) is 42.5 Å². The van der Waals surface area contributed by atoms with Crippen molar-refractivity contribution in [2.24, 2.45) is 0 Å². The standard InChI is InChI=1S/C15H18N2S/c1-12-15(7-10-18-12)16-13-5-4-6-14(11-13)17-8-2-3-9-17/h2-6,8-9,11-12,15-16H,7,10H2,1H3. The van der Waals surface area contributed by atoms with Crippen LogP contribution in [0.2, 0.25) is 0 Å². The zero-order valence-corrected chi connectivity index (χ0v) is 11.4. The number of hydrogen-bond donors (Lipinski definition) is 1. The maximum Gasteiger partial charge on any atom is 0.0469 e. The van der Waals surface area contributed by atoms with E-state index in [9.17, 15) is 0 Å². The molecule has 0 radical (unpaired) electrons. The lowest BCUT2D eigenvalue weighted by atomic mass is 10.1. The summed E-state index contributed by atoms with van der Waals surface area (Å²) in [4.78, 5) is 0. The second-order valence-electron chi connectivity index (χ2n) is 4.76. The van der Waals surface area contributed by atoms with Gasteiger partial charge < -0.3 is 9.88 Å². The molecule has 3 heteroatoms. The number of benzene rings is 1. The van der Waals surface area contributed by atoms with Gasteiger partial charge in [0.05, 0.1) is 0 Å². The molecule has 1 fully saturated rings. The first-order valence-corrected chi connectivity index (χ1v) is 7.49. The van der Waals surface area contributed by atoms with Crippen molar-refractivity contribution in [1.82, 2.24) is 4.57 Å². The van der Waals surface area contributed by atoms with Crippen LogP contribution < -0.4 is 5.32 Å². The van der Waals surface area contributed by atoms with Crippen molar-refractivity contribution in [2.45, 2.75) is 24.6 Å². The molecule has 0 saturated carbocycles. The van der Waals surface area contributed by atoms with E-state index in [1.165, 1.54) is 23.5 Å². The summed E-state index contributed by atoms with van der Waals surface area (Å²) in [5.74, 6) is 1.27. The highest BCUT2D eigenvalue weighted by molar-refractivity contribution is 8.00. The number of hydrogen-bond acceptors (Lipinski definition) is 2. The molecule has 0 amide bonds. The van der Waals surface area contributed by atoms with Crippen LogP contribution in [0.5, 0.6) is 0 Å². The van der Waals surface area contributed by atoms with Crippen molar-refractivity contribution in [2.75, 3.05) is 11.1 Å². The first kappa shape index (κ1) is 11.7. The third kappa shape index (κ3) is 2.41. The van der Waals surface area contributed by atoms with Crippen LogP contribution in [0.15, 0.2) is 48.8 Å². The van der Waals surface area contributed by atoms with Gasteiger partial charge in [0.15, 0.2) is 0 Å². The summed E-state index contributed by atoms with van der Waals surface area (Å²) in [6, 6.07) is 13.3. The van der Waals surface area contributed by atoms with Crippen molar-refractivity contribution in [1.29, 1.82) is 0 Å². The molecular formula is C15H18N2S. The summed E-state index contributed by atoms with van der Waals surface area (Å²) in [6.07, 6.45) is 5.42. The smallest absolute Gasteiger partial charge is 0.0469 e. The van der Waals surface area contributed by atoms with Crippen molar-refractivity contribution in [3.8, 4) is 5.69 Å². The molecule has 18 heavy (non-hydrogen) atoms. The van der Waals surface area contributed by atoms with E-state index in [0.29, 0.717) is 11.3 Å². The average Bonchev–Trinajstić information content (AvgIpc) is 3.02. The molecule has 94 valence electrons. The minimum absolute atomic E-state index is 0.606.